The molecule has 3 N–H and O–H groups in total. The predicted molar refractivity (Wildman–Crippen MR) is 93.0 cm³/mol. The first kappa shape index (κ1) is 14.8. The molecule has 0 fully saturated rings. The average molecular weight is 303 g/mol. The van der Waals surface area contributed by atoms with Crippen molar-refractivity contribution in [2.45, 2.75) is 6.92 Å². The fourth-order valence-corrected chi connectivity index (χ4v) is 2.36. The highest BCUT2D eigenvalue weighted by molar-refractivity contribution is 6.12. The molecule has 2 aromatic carbocycles. The van der Waals surface area contributed by atoms with Crippen LogP contribution in [-0.4, -0.2) is 10.8 Å². The van der Waals surface area contributed by atoms with Crippen molar-refractivity contribution in [2.24, 2.45) is 0 Å². The molecule has 0 bridgehead atoms. The van der Waals surface area contributed by atoms with Gasteiger partial charge in [-0.25, -0.2) is 4.98 Å². The number of nitrogens with one attached hydrogen (secondary N) is 1. The number of carbonyl (C=O) groups excluding carboxylic acids is 1. The highest BCUT2D eigenvalue weighted by atomic mass is 16.1. The van der Waals surface area contributed by atoms with Gasteiger partial charge in [-0.3, -0.25) is 4.79 Å². The van der Waals surface area contributed by atoms with Gasteiger partial charge in [0.25, 0.3) is 0 Å². The lowest BCUT2D eigenvalue weighted by atomic mass is 10.0. The SMILES string of the molecule is Cc1cnc(N)c(Nc2ccccc2C(=O)c2ccccc2)c1. The van der Waals surface area contributed by atoms with Crippen molar-refractivity contribution < 1.29 is 4.79 Å². The van der Waals surface area contributed by atoms with Crippen molar-refractivity contribution in [3.8, 4) is 0 Å². The standard InChI is InChI=1S/C19H17N3O/c1-13-11-17(19(20)21-12-13)22-16-10-6-5-9-15(16)18(23)14-7-3-2-4-8-14/h2-12,22H,1H3,(H2,20,21). The van der Waals surface area contributed by atoms with E-state index in [1.54, 1.807) is 12.3 Å². The van der Waals surface area contributed by atoms with Crippen LogP contribution in [0.5, 0.6) is 0 Å². The van der Waals surface area contributed by atoms with Crippen LogP contribution in [0.15, 0.2) is 66.9 Å². The zero-order chi connectivity index (χ0) is 16.2. The molecule has 0 aliphatic rings. The molecular formula is C19H17N3O. The Kier molecular flexibility index (Phi) is 4.06. The van der Waals surface area contributed by atoms with E-state index in [4.69, 9.17) is 5.73 Å². The Morgan fingerprint density at radius 1 is 1.00 bits per heavy atom. The highest BCUT2D eigenvalue weighted by Gasteiger charge is 2.14. The van der Waals surface area contributed by atoms with Crippen LogP contribution in [-0.2, 0) is 0 Å². The summed E-state index contributed by atoms with van der Waals surface area (Å²) in [7, 11) is 0. The monoisotopic (exact) mass is 303 g/mol. The number of benzene rings is 2. The summed E-state index contributed by atoms with van der Waals surface area (Å²) >= 11 is 0. The maximum Gasteiger partial charge on any atom is 0.195 e. The Labute approximate surface area is 135 Å². The third-order valence-electron chi connectivity index (χ3n) is 3.53. The molecule has 0 aliphatic heterocycles. The van der Waals surface area contributed by atoms with Crippen LogP contribution in [0.25, 0.3) is 0 Å². The van der Waals surface area contributed by atoms with E-state index in [1.807, 2.05) is 61.5 Å². The van der Waals surface area contributed by atoms with Gasteiger partial charge < -0.3 is 11.1 Å². The van der Waals surface area contributed by atoms with E-state index in [0.29, 0.717) is 28.3 Å². The quantitative estimate of drug-likeness (QED) is 0.716. The summed E-state index contributed by atoms with van der Waals surface area (Å²) in [6, 6.07) is 18.5. The van der Waals surface area contributed by atoms with Gasteiger partial charge in [-0.15, -0.1) is 0 Å². The summed E-state index contributed by atoms with van der Waals surface area (Å²) in [5.41, 5.74) is 9.56. The molecule has 4 heteroatoms. The number of para-hydroxylation sites is 1. The molecule has 0 amide bonds. The summed E-state index contributed by atoms with van der Waals surface area (Å²) < 4.78 is 0. The third kappa shape index (κ3) is 3.21. The zero-order valence-electron chi connectivity index (χ0n) is 12.8. The van der Waals surface area contributed by atoms with E-state index < -0.39 is 0 Å². The number of nitrogen functional groups attached to an aromatic ring is 1. The Balaban J connectivity index is 1.98. The fourth-order valence-electron chi connectivity index (χ4n) is 2.36. The third-order valence-corrected chi connectivity index (χ3v) is 3.53. The van der Waals surface area contributed by atoms with Crippen LogP contribution in [0.2, 0.25) is 0 Å². The first-order valence-corrected chi connectivity index (χ1v) is 7.33. The maximum absolute atomic E-state index is 12.7. The van der Waals surface area contributed by atoms with Crippen LogP contribution in [0.3, 0.4) is 0 Å². The van der Waals surface area contributed by atoms with E-state index in [0.717, 1.165) is 5.56 Å². The molecule has 0 saturated carbocycles. The second-order valence-corrected chi connectivity index (χ2v) is 5.31. The lowest BCUT2D eigenvalue weighted by molar-refractivity contribution is 0.103. The van der Waals surface area contributed by atoms with Crippen LogP contribution in [0.4, 0.5) is 17.2 Å². The van der Waals surface area contributed by atoms with Crippen LogP contribution >= 0.6 is 0 Å². The van der Waals surface area contributed by atoms with Gasteiger partial charge in [0.2, 0.25) is 0 Å². The summed E-state index contributed by atoms with van der Waals surface area (Å²) in [6.45, 7) is 1.94. The van der Waals surface area contributed by atoms with E-state index in [1.165, 1.54) is 0 Å². The molecule has 0 atom stereocenters. The second-order valence-electron chi connectivity index (χ2n) is 5.31. The molecule has 3 aromatic rings. The van der Waals surface area contributed by atoms with E-state index in [9.17, 15) is 4.79 Å². The average Bonchev–Trinajstić information content (AvgIpc) is 2.59. The smallest absolute Gasteiger partial charge is 0.195 e. The molecule has 1 heterocycles. The van der Waals surface area contributed by atoms with E-state index in [-0.39, 0.29) is 5.78 Å². The molecule has 0 saturated heterocycles. The van der Waals surface area contributed by atoms with Crippen LogP contribution in [0.1, 0.15) is 21.5 Å². The normalized spacial score (nSPS) is 10.3. The van der Waals surface area contributed by atoms with Crippen molar-refractivity contribution in [1.29, 1.82) is 0 Å². The Bertz CT molecular complexity index is 844. The summed E-state index contributed by atoms with van der Waals surface area (Å²) in [5, 5.41) is 3.22. The fraction of sp³-hybridized carbons (Fsp3) is 0.0526. The highest BCUT2D eigenvalue weighted by Crippen LogP contribution is 2.26. The number of carbonyl (C=O) groups is 1. The Hall–Kier alpha value is -3.14. The number of ketones is 1. The molecule has 114 valence electrons. The van der Waals surface area contributed by atoms with E-state index >= 15 is 0 Å². The van der Waals surface area contributed by atoms with Gasteiger partial charge in [0.15, 0.2) is 5.78 Å². The summed E-state index contributed by atoms with van der Waals surface area (Å²) in [5.74, 6) is 0.366. The topological polar surface area (TPSA) is 68.0 Å². The Morgan fingerprint density at radius 3 is 2.48 bits per heavy atom. The lowest BCUT2D eigenvalue weighted by Crippen LogP contribution is -2.06. The number of aromatic nitrogens is 1. The number of aryl methyl sites for hydroxylation is 1. The number of nitrogens with zero attached hydrogens (tertiary/aromatic N) is 1. The van der Waals surface area contributed by atoms with Crippen molar-refractivity contribution in [3.63, 3.8) is 0 Å². The van der Waals surface area contributed by atoms with Gasteiger partial charge in [0.1, 0.15) is 5.82 Å². The molecule has 0 spiro atoms. The maximum atomic E-state index is 12.7. The number of pyridine rings is 1. The second kappa shape index (κ2) is 6.32. The number of rotatable bonds is 4. The predicted octanol–water partition coefficient (Wildman–Crippen LogP) is 3.95. The van der Waals surface area contributed by atoms with Crippen LogP contribution in [0, 0.1) is 6.92 Å². The molecule has 4 nitrogen and oxygen atoms in total. The van der Waals surface area contributed by atoms with Gasteiger partial charge in [-0.1, -0.05) is 42.5 Å². The van der Waals surface area contributed by atoms with Crippen molar-refractivity contribution in [3.05, 3.63) is 83.6 Å². The number of anilines is 3. The Morgan fingerprint density at radius 2 is 1.70 bits per heavy atom. The first-order chi connectivity index (χ1) is 11.1. The number of hydrogen-bond donors (Lipinski definition) is 2. The first-order valence-electron chi connectivity index (χ1n) is 7.33. The number of nitrogens with two attached hydrogens (primary N) is 1. The van der Waals surface area contributed by atoms with Crippen molar-refractivity contribution in [1.82, 2.24) is 4.98 Å². The minimum atomic E-state index is -0.0344. The minimum absolute atomic E-state index is 0.0344. The molecule has 3 rings (SSSR count). The largest absolute Gasteiger partial charge is 0.382 e. The van der Waals surface area contributed by atoms with Crippen LogP contribution < -0.4 is 11.1 Å². The molecule has 23 heavy (non-hydrogen) atoms. The van der Waals surface area contributed by atoms with Gasteiger partial charge in [0.05, 0.1) is 5.69 Å². The van der Waals surface area contributed by atoms with Crippen molar-refractivity contribution in [2.75, 3.05) is 11.1 Å². The minimum Gasteiger partial charge on any atom is -0.382 e. The molecule has 0 radical (unpaired) electrons. The van der Waals surface area contributed by atoms with Crippen molar-refractivity contribution >= 4 is 23.0 Å². The zero-order valence-corrected chi connectivity index (χ0v) is 12.8. The van der Waals surface area contributed by atoms with Gasteiger partial charge in [0, 0.05) is 23.0 Å². The molecular weight excluding hydrogens is 286 g/mol. The molecule has 1 aromatic heterocycles. The molecule has 0 unspecified atom stereocenters. The summed E-state index contributed by atoms with van der Waals surface area (Å²) in [4.78, 5) is 16.9. The summed E-state index contributed by atoms with van der Waals surface area (Å²) in [6.07, 6.45) is 1.71. The molecule has 0 aliphatic carbocycles. The lowest BCUT2D eigenvalue weighted by Gasteiger charge is -2.13. The van der Waals surface area contributed by atoms with Gasteiger partial charge in [-0.2, -0.15) is 0 Å². The number of hydrogen-bond acceptors (Lipinski definition) is 4. The van der Waals surface area contributed by atoms with Gasteiger partial charge >= 0.3 is 0 Å². The van der Waals surface area contributed by atoms with E-state index in [2.05, 4.69) is 10.3 Å². The van der Waals surface area contributed by atoms with Gasteiger partial charge in [-0.05, 0) is 30.7 Å².